The number of benzene rings is 2. The Balaban J connectivity index is 1.78. The first kappa shape index (κ1) is 19.6. The van der Waals surface area contributed by atoms with E-state index in [2.05, 4.69) is 15.6 Å². The predicted octanol–water partition coefficient (Wildman–Crippen LogP) is 5.11. The van der Waals surface area contributed by atoms with Crippen LogP contribution in [0.2, 0.25) is 5.02 Å². The standard InChI is InChI=1S/C22H20ClN3O2/c1-3-15-6-4-5-7-18(15)25-21(27)16-10-11-24-20(12-16)22(28)26-19-13-17(23)9-8-14(19)2/h4-13H,3H2,1-2H3,(H,25,27)(H,26,28). The van der Waals surface area contributed by atoms with Gasteiger partial charge < -0.3 is 10.6 Å². The van der Waals surface area contributed by atoms with Crippen LogP contribution in [-0.2, 0) is 6.42 Å². The number of rotatable bonds is 5. The molecule has 142 valence electrons. The van der Waals surface area contributed by atoms with Gasteiger partial charge >= 0.3 is 0 Å². The van der Waals surface area contributed by atoms with Gasteiger partial charge in [-0.05, 0) is 54.8 Å². The number of aromatic nitrogens is 1. The molecule has 0 aliphatic carbocycles. The van der Waals surface area contributed by atoms with Crippen molar-refractivity contribution in [3.63, 3.8) is 0 Å². The lowest BCUT2D eigenvalue weighted by Crippen LogP contribution is -2.17. The van der Waals surface area contributed by atoms with Gasteiger partial charge in [-0.2, -0.15) is 0 Å². The Bertz CT molecular complexity index is 1030. The summed E-state index contributed by atoms with van der Waals surface area (Å²) in [4.78, 5) is 29.3. The molecule has 0 saturated carbocycles. The first-order chi connectivity index (χ1) is 13.5. The van der Waals surface area contributed by atoms with Crippen LogP contribution >= 0.6 is 11.6 Å². The number of nitrogens with one attached hydrogen (secondary N) is 2. The third-order valence-electron chi connectivity index (χ3n) is 4.35. The van der Waals surface area contributed by atoms with Gasteiger partial charge in [0, 0.05) is 28.2 Å². The van der Waals surface area contributed by atoms with Gasteiger partial charge in [0.05, 0.1) is 0 Å². The molecule has 0 aliphatic rings. The summed E-state index contributed by atoms with van der Waals surface area (Å²) in [7, 11) is 0. The zero-order chi connectivity index (χ0) is 20.1. The highest BCUT2D eigenvalue weighted by Gasteiger charge is 2.14. The molecule has 0 radical (unpaired) electrons. The number of nitrogens with zero attached hydrogens (tertiary/aromatic N) is 1. The number of pyridine rings is 1. The van der Waals surface area contributed by atoms with Crippen molar-refractivity contribution in [3.05, 3.63) is 88.2 Å². The predicted molar refractivity (Wildman–Crippen MR) is 112 cm³/mol. The molecule has 0 spiro atoms. The van der Waals surface area contributed by atoms with E-state index in [1.807, 2.05) is 44.2 Å². The van der Waals surface area contributed by atoms with Crippen LogP contribution in [0.25, 0.3) is 0 Å². The lowest BCUT2D eigenvalue weighted by atomic mass is 10.1. The fraction of sp³-hybridized carbons (Fsp3) is 0.136. The maximum Gasteiger partial charge on any atom is 0.274 e. The molecule has 1 aromatic heterocycles. The molecule has 0 atom stereocenters. The molecular weight excluding hydrogens is 374 g/mol. The van der Waals surface area contributed by atoms with Crippen LogP contribution < -0.4 is 10.6 Å². The van der Waals surface area contributed by atoms with E-state index in [-0.39, 0.29) is 11.6 Å². The molecule has 2 N–H and O–H groups in total. The van der Waals surface area contributed by atoms with Crippen LogP contribution in [0.15, 0.2) is 60.8 Å². The molecule has 2 aromatic carbocycles. The van der Waals surface area contributed by atoms with Gasteiger partial charge in [0.25, 0.3) is 11.8 Å². The first-order valence-electron chi connectivity index (χ1n) is 8.90. The molecule has 3 aromatic rings. The summed E-state index contributed by atoms with van der Waals surface area (Å²) < 4.78 is 0. The Morgan fingerprint density at radius 3 is 2.50 bits per heavy atom. The molecule has 2 amide bonds. The van der Waals surface area contributed by atoms with Crippen molar-refractivity contribution in [2.75, 3.05) is 10.6 Å². The van der Waals surface area contributed by atoms with Crippen molar-refractivity contribution < 1.29 is 9.59 Å². The van der Waals surface area contributed by atoms with Crippen molar-refractivity contribution in [1.82, 2.24) is 4.98 Å². The van der Waals surface area contributed by atoms with Crippen LogP contribution in [0.5, 0.6) is 0 Å². The average molecular weight is 394 g/mol. The van der Waals surface area contributed by atoms with Crippen LogP contribution in [0, 0.1) is 6.92 Å². The van der Waals surface area contributed by atoms with Crippen LogP contribution in [0.1, 0.15) is 38.9 Å². The van der Waals surface area contributed by atoms with E-state index >= 15 is 0 Å². The third-order valence-corrected chi connectivity index (χ3v) is 4.58. The van der Waals surface area contributed by atoms with Crippen LogP contribution in [-0.4, -0.2) is 16.8 Å². The molecule has 5 nitrogen and oxygen atoms in total. The van der Waals surface area contributed by atoms with Gasteiger partial charge in [-0.25, -0.2) is 0 Å². The fourth-order valence-corrected chi connectivity index (χ4v) is 2.93. The maximum atomic E-state index is 12.6. The number of amides is 2. The second-order valence-corrected chi connectivity index (χ2v) is 6.74. The normalized spacial score (nSPS) is 10.4. The highest BCUT2D eigenvalue weighted by molar-refractivity contribution is 6.31. The zero-order valence-electron chi connectivity index (χ0n) is 15.6. The highest BCUT2D eigenvalue weighted by Crippen LogP contribution is 2.21. The van der Waals surface area contributed by atoms with Gasteiger partial charge in [-0.15, -0.1) is 0 Å². The van der Waals surface area contributed by atoms with E-state index in [1.165, 1.54) is 12.3 Å². The smallest absolute Gasteiger partial charge is 0.274 e. The minimum atomic E-state index is -0.408. The molecule has 3 rings (SSSR count). The van der Waals surface area contributed by atoms with Gasteiger partial charge in [-0.3, -0.25) is 14.6 Å². The van der Waals surface area contributed by atoms with Gasteiger partial charge in [-0.1, -0.05) is 42.8 Å². The quantitative estimate of drug-likeness (QED) is 0.632. The molecule has 0 fully saturated rings. The maximum absolute atomic E-state index is 12.6. The summed E-state index contributed by atoms with van der Waals surface area (Å²) in [5.41, 5.74) is 3.78. The number of anilines is 2. The van der Waals surface area contributed by atoms with Crippen LogP contribution in [0.4, 0.5) is 11.4 Å². The number of aryl methyl sites for hydroxylation is 2. The second kappa shape index (κ2) is 8.67. The number of carbonyl (C=O) groups is 2. The Kier molecular flexibility index (Phi) is 6.06. The van der Waals surface area contributed by atoms with Gasteiger partial charge in [0.15, 0.2) is 0 Å². The summed E-state index contributed by atoms with van der Waals surface area (Å²) in [6.07, 6.45) is 2.25. The lowest BCUT2D eigenvalue weighted by Gasteiger charge is -2.11. The Morgan fingerprint density at radius 1 is 0.964 bits per heavy atom. The molecule has 0 unspecified atom stereocenters. The Labute approximate surface area is 168 Å². The number of hydrogen-bond acceptors (Lipinski definition) is 3. The van der Waals surface area contributed by atoms with E-state index in [9.17, 15) is 9.59 Å². The zero-order valence-corrected chi connectivity index (χ0v) is 16.4. The second-order valence-electron chi connectivity index (χ2n) is 6.31. The molecular formula is C22H20ClN3O2. The molecule has 0 aliphatic heterocycles. The Morgan fingerprint density at radius 2 is 1.71 bits per heavy atom. The largest absolute Gasteiger partial charge is 0.322 e. The molecule has 1 heterocycles. The number of halogens is 1. The van der Waals surface area contributed by atoms with E-state index in [4.69, 9.17) is 11.6 Å². The van der Waals surface area contributed by atoms with Crippen molar-refractivity contribution >= 4 is 34.8 Å². The topological polar surface area (TPSA) is 71.1 Å². The van der Waals surface area contributed by atoms with E-state index < -0.39 is 5.91 Å². The number of hydrogen-bond donors (Lipinski definition) is 2. The Hall–Kier alpha value is -3.18. The van der Waals surface area contributed by atoms with E-state index in [0.717, 1.165) is 23.2 Å². The highest BCUT2D eigenvalue weighted by atomic mass is 35.5. The van der Waals surface area contributed by atoms with Crippen molar-refractivity contribution in [1.29, 1.82) is 0 Å². The van der Waals surface area contributed by atoms with E-state index in [0.29, 0.717) is 16.3 Å². The summed E-state index contributed by atoms with van der Waals surface area (Å²) in [6, 6.07) is 15.9. The molecule has 0 bridgehead atoms. The van der Waals surface area contributed by atoms with Gasteiger partial charge in [0.2, 0.25) is 0 Å². The monoisotopic (exact) mass is 393 g/mol. The SMILES string of the molecule is CCc1ccccc1NC(=O)c1ccnc(C(=O)Nc2cc(Cl)ccc2C)c1. The molecule has 0 saturated heterocycles. The number of para-hydroxylation sites is 1. The summed E-state index contributed by atoms with van der Waals surface area (Å²) in [5.74, 6) is -0.703. The van der Waals surface area contributed by atoms with Crippen molar-refractivity contribution in [3.8, 4) is 0 Å². The average Bonchev–Trinajstić information content (AvgIpc) is 2.71. The van der Waals surface area contributed by atoms with Crippen molar-refractivity contribution in [2.24, 2.45) is 0 Å². The number of carbonyl (C=O) groups excluding carboxylic acids is 2. The lowest BCUT2D eigenvalue weighted by molar-refractivity contribution is 0.102. The van der Waals surface area contributed by atoms with E-state index in [1.54, 1.807) is 18.2 Å². The first-order valence-corrected chi connectivity index (χ1v) is 9.28. The summed E-state index contributed by atoms with van der Waals surface area (Å²) in [6.45, 7) is 3.89. The minimum Gasteiger partial charge on any atom is -0.322 e. The third kappa shape index (κ3) is 4.56. The van der Waals surface area contributed by atoms with Crippen LogP contribution in [0.3, 0.4) is 0 Å². The fourth-order valence-electron chi connectivity index (χ4n) is 2.76. The molecule has 6 heteroatoms. The summed E-state index contributed by atoms with van der Waals surface area (Å²) >= 11 is 5.99. The van der Waals surface area contributed by atoms with Gasteiger partial charge in [0.1, 0.15) is 5.69 Å². The summed E-state index contributed by atoms with van der Waals surface area (Å²) in [5, 5.41) is 6.20. The molecule has 28 heavy (non-hydrogen) atoms. The minimum absolute atomic E-state index is 0.149. The van der Waals surface area contributed by atoms with Crippen molar-refractivity contribution in [2.45, 2.75) is 20.3 Å².